The van der Waals surface area contributed by atoms with Crippen molar-refractivity contribution in [3.63, 3.8) is 0 Å². The van der Waals surface area contributed by atoms with E-state index < -0.39 is 5.41 Å². The molecule has 0 atom stereocenters. The maximum atomic E-state index is 12.6. The summed E-state index contributed by atoms with van der Waals surface area (Å²) in [5.41, 5.74) is 4.90. The fourth-order valence-corrected chi connectivity index (χ4v) is 2.35. The molecule has 0 unspecified atom stereocenters. The van der Waals surface area contributed by atoms with Crippen LogP contribution in [0.1, 0.15) is 46.5 Å². The van der Waals surface area contributed by atoms with Gasteiger partial charge in [-0.3, -0.25) is 4.79 Å². The molecule has 1 aliphatic carbocycles. The smallest absolute Gasteiger partial charge is 0.236 e. The van der Waals surface area contributed by atoms with Gasteiger partial charge in [0.25, 0.3) is 0 Å². The summed E-state index contributed by atoms with van der Waals surface area (Å²) in [6, 6.07) is 0.358. The summed E-state index contributed by atoms with van der Waals surface area (Å²) < 4.78 is 0. The van der Waals surface area contributed by atoms with Crippen LogP contribution in [0.3, 0.4) is 0 Å². The SMILES string of the molecule is CCN(C(=O)C(CC)(CC)C(N)=NO)C1CC1. The topological polar surface area (TPSA) is 78.9 Å². The van der Waals surface area contributed by atoms with Gasteiger partial charge in [-0.1, -0.05) is 19.0 Å². The molecule has 0 aromatic rings. The summed E-state index contributed by atoms with van der Waals surface area (Å²) in [4.78, 5) is 14.5. The second kappa shape index (κ2) is 5.38. The van der Waals surface area contributed by atoms with Gasteiger partial charge in [0.2, 0.25) is 5.91 Å². The molecule has 98 valence electrons. The van der Waals surface area contributed by atoms with Crippen molar-refractivity contribution in [2.75, 3.05) is 6.54 Å². The van der Waals surface area contributed by atoms with Crippen molar-refractivity contribution < 1.29 is 10.0 Å². The summed E-state index contributed by atoms with van der Waals surface area (Å²) in [6.07, 6.45) is 3.25. The molecule has 1 aliphatic rings. The Kier molecular flexibility index (Phi) is 4.37. The number of nitrogens with zero attached hydrogens (tertiary/aromatic N) is 2. The number of amidine groups is 1. The number of amides is 1. The van der Waals surface area contributed by atoms with Crippen LogP contribution >= 0.6 is 0 Å². The zero-order valence-electron chi connectivity index (χ0n) is 10.9. The van der Waals surface area contributed by atoms with E-state index in [9.17, 15) is 4.79 Å². The molecule has 0 spiro atoms. The van der Waals surface area contributed by atoms with Crippen LogP contribution in [0.5, 0.6) is 0 Å². The van der Waals surface area contributed by atoms with E-state index >= 15 is 0 Å². The molecular weight excluding hydrogens is 218 g/mol. The average Bonchev–Trinajstić information content (AvgIpc) is 3.16. The van der Waals surface area contributed by atoms with Crippen LogP contribution in [-0.2, 0) is 4.79 Å². The van der Waals surface area contributed by atoms with E-state index in [1.54, 1.807) is 0 Å². The van der Waals surface area contributed by atoms with Crippen LogP contribution in [0.15, 0.2) is 5.16 Å². The number of carbonyl (C=O) groups excluding carboxylic acids is 1. The molecular formula is C12H23N3O2. The Hall–Kier alpha value is -1.26. The summed E-state index contributed by atoms with van der Waals surface area (Å²) in [6.45, 7) is 6.46. The number of oxime groups is 1. The second-order valence-corrected chi connectivity index (χ2v) is 4.60. The molecule has 1 rings (SSSR count). The monoisotopic (exact) mass is 241 g/mol. The van der Waals surface area contributed by atoms with Crippen molar-refractivity contribution in [1.29, 1.82) is 0 Å². The van der Waals surface area contributed by atoms with E-state index in [0.717, 1.165) is 12.8 Å². The zero-order chi connectivity index (χ0) is 13.1. The van der Waals surface area contributed by atoms with Crippen molar-refractivity contribution in [3.05, 3.63) is 0 Å². The highest BCUT2D eigenvalue weighted by Crippen LogP contribution is 2.35. The van der Waals surface area contributed by atoms with Crippen LogP contribution in [0, 0.1) is 5.41 Å². The van der Waals surface area contributed by atoms with E-state index in [1.807, 2.05) is 25.7 Å². The number of carbonyl (C=O) groups is 1. The first-order valence-corrected chi connectivity index (χ1v) is 6.36. The lowest BCUT2D eigenvalue weighted by molar-refractivity contribution is -0.139. The minimum absolute atomic E-state index is 0.00259. The van der Waals surface area contributed by atoms with E-state index in [-0.39, 0.29) is 11.7 Å². The van der Waals surface area contributed by atoms with Crippen LogP contribution in [0.25, 0.3) is 0 Å². The Morgan fingerprint density at radius 3 is 2.24 bits per heavy atom. The number of hydrogen-bond acceptors (Lipinski definition) is 3. The molecule has 0 heterocycles. The van der Waals surface area contributed by atoms with E-state index in [2.05, 4.69) is 5.16 Å². The third kappa shape index (κ3) is 2.37. The van der Waals surface area contributed by atoms with Crippen molar-refractivity contribution in [1.82, 2.24) is 4.90 Å². The van der Waals surface area contributed by atoms with Gasteiger partial charge < -0.3 is 15.8 Å². The lowest BCUT2D eigenvalue weighted by atomic mass is 9.79. The van der Waals surface area contributed by atoms with Crippen molar-refractivity contribution in [3.8, 4) is 0 Å². The standard InChI is InChI=1S/C12H23N3O2/c1-4-12(5-2,10(13)14-17)11(16)15(6-3)9-7-8-9/h9,17H,4-8H2,1-3H3,(H2,13,14). The molecule has 0 saturated heterocycles. The highest BCUT2D eigenvalue weighted by molar-refractivity contribution is 6.06. The third-order valence-electron chi connectivity index (χ3n) is 3.80. The quantitative estimate of drug-likeness (QED) is 0.320. The highest BCUT2D eigenvalue weighted by Gasteiger charge is 2.45. The van der Waals surface area contributed by atoms with Crippen molar-refractivity contribution in [2.24, 2.45) is 16.3 Å². The first kappa shape index (κ1) is 13.8. The summed E-state index contributed by atoms with van der Waals surface area (Å²) in [5, 5.41) is 11.9. The Morgan fingerprint density at radius 1 is 1.41 bits per heavy atom. The number of rotatable bonds is 6. The van der Waals surface area contributed by atoms with Crippen molar-refractivity contribution in [2.45, 2.75) is 52.5 Å². The van der Waals surface area contributed by atoms with Gasteiger partial charge in [0.15, 0.2) is 5.84 Å². The van der Waals surface area contributed by atoms with Gasteiger partial charge in [-0.05, 0) is 32.6 Å². The van der Waals surface area contributed by atoms with Crippen LogP contribution in [0.4, 0.5) is 0 Å². The second-order valence-electron chi connectivity index (χ2n) is 4.60. The lowest BCUT2D eigenvalue weighted by Gasteiger charge is -2.34. The normalized spacial score (nSPS) is 17.0. The molecule has 0 bridgehead atoms. The Morgan fingerprint density at radius 2 is 1.94 bits per heavy atom. The minimum atomic E-state index is -0.840. The van der Waals surface area contributed by atoms with Gasteiger partial charge in [-0.2, -0.15) is 0 Å². The molecule has 0 aromatic heterocycles. The Bertz CT molecular complexity index is 307. The molecule has 17 heavy (non-hydrogen) atoms. The maximum absolute atomic E-state index is 12.6. The van der Waals surface area contributed by atoms with Gasteiger partial charge in [0, 0.05) is 12.6 Å². The summed E-state index contributed by atoms with van der Waals surface area (Å²) in [7, 11) is 0. The predicted octanol–water partition coefficient (Wildman–Crippen LogP) is 1.55. The van der Waals surface area contributed by atoms with Crippen LogP contribution < -0.4 is 5.73 Å². The molecule has 0 radical (unpaired) electrons. The zero-order valence-corrected chi connectivity index (χ0v) is 10.9. The van der Waals surface area contributed by atoms with Gasteiger partial charge in [-0.15, -0.1) is 0 Å². The number of nitrogens with two attached hydrogens (primary N) is 1. The summed E-state index contributed by atoms with van der Waals surface area (Å²) >= 11 is 0. The van der Waals surface area contributed by atoms with Gasteiger partial charge in [0.05, 0.1) is 0 Å². The first-order chi connectivity index (χ1) is 8.07. The number of hydrogen-bond donors (Lipinski definition) is 2. The van der Waals surface area contributed by atoms with E-state index in [0.29, 0.717) is 25.4 Å². The molecule has 1 amide bonds. The average molecular weight is 241 g/mol. The lowest BCUT2D eigenvalue weighted by Crippen LogP contribution is -2.51. The Labute approximate surface area is 103 Å². The molecule has 1 saturated carbocycles. The fourth-order valence-electron chi connectivity index (χ4n) is 2.35. The predicted molar refractivity (Wildman–Crippen MR) is 66.8 cm³/mol. The maximum Gasteiger partial charge on any atom is 0.236 e. The molecule has 5 heteroatoms. The fraction of sp³-hybridized carbons (Fsp3) is 0.833. The van der Waals surface area contributed by atoms with E-state index in [1.165, 1.54) is 0 Å². The van der Waals surface area contributed by atoms with Gasteiger partial charge in [0.1, 0.15) is 5.41 Å². The first-order valence-electron chi connectivity index (χ1n) is 6.36. The van der Waals surface area contributed by atoms with E-state index in [4.69, 9.17) is 10.9 Å². The van der Waals surface area contributed by atoms with Crippen LogP contribution in [0.2, 0.25) is 0 Å². The van der Waals surface area contributed by atoms with Crippen LogP contribution in [-0.4, -0.2) is 34.4 Å². The third-order valence-corrected chi connectivity index (χ3v) is 3.80. The molecule has 0 aromatic carbocycles. The minimum Gasteiger partial charge on any atom is -0.409 e. The molecule has 0 aliphatic heterocycles. The summed E-state index contributed by atoms with van der Waals surface area (Å²) in [5.74, 6) is 0.0365. The molecule has 1 fully saturated rings. The molecule has 5 nitrogen and oxygen atoms in total. The van der Waals surface area contributed by atoms with Gasteiger partial charge in [-0.25, -0.2) is 0 Å². The van der Waals surface area contributed by atoms with Crippen molar-refractivity contribution >= 4 is 11.7 Å². The molecule has 3 N–H and O–H groups in total. The Balaban J connectivity index is 3.00. The van der Waals surface area contributed by atoms with Gasteiger partial charge >= 0.3 is 0 Å². The largest absolute Gasteiger partial charge is 0.409 e. The highest BCUT2D eigenvalue weighted by atomic mass is 16.4.